The number of nitrogens with zero attached hydrogens (tertiary/aromatic N) is 2. The maximum absolute atomic E-state index is 13.5. The van der Waals surface area contributed by atoms with Crippen LogP contribution >= 0.6 is 0 Å². The monoisotopic (exact) mass is 422 g/mol. The average molecular weight is 423 g/mol. The molecule has 1 unspecified atom stereocenters. The van der Waals surface area contributed by atoms with Gasteiger partial charge in [0.15, 0.2) is 11.5 Å². The van der Waals surface area contributed by atoms with Gasteiger partial charge in [-0.3, -0.25) is 9.69 Å². The number of benzene rings is 2. The topological polar surface area (TPSA) is 42.0 Å². The number of aryl methyl sites for hydroxylation is 1. The van der Waals surface area contributed by atoms with Crippen LogP contribution in [0.1, 0.15) is 43.4 Å². The van der Waals surface area contributed by atoms with E-state index >= 15 is 0 Å². The first-order valence-electron chi connectivity index (χ1n) is 11.5. The van der Waals surface area contributed by atoms with Crippen molar-refractivity contribution in [1.29, 1.82) is 0 Å². The van der Waals surface area contributed by atoms with Crippen LogP contribution in [0.4, 0.5) is 0 Å². The van der Waals surface area contributed by atoms with Crippen molar-refractivity contribution in [2.24, 2.45) is 5.92 Å². The quantitative estimate of drug-likeness (QED) is 0.691. The summed E-state index contributed by atoms with van der Waals surface area (Å²) in [5, 5.41) is 0. The standard InChI is InChI=1S/C26H34N2O3/c1-19(2)28(17-22-14-20(3)25-24(15-22)30-12-7-13-31-25)26(29)23-10-11-27(18-23)16-21-8-5-4-6-9-21/h4-6,8-9,14-15,19,23H,7,10-13,16-18H2,1-3H3. The number of ether oxygens (including phenoxy) is 2. The summed E-state index contributed by atoms with van der Waals surface area (Å²) in [6, 6.07) is 14.8. The normalized spacial score (nSPS) is 18.8. The Kier molecular flexibility index (Phi) is 6.81. The molecule has 0 aliphatic carbocycles. The molecular formula is C26H34N2O3. The molecule has 1 fully saturated rings. The number of carbonyl (C=O) groups is 1. The van der Waals surface area contributed by atoms with Crippen LogP contribution in [0, 0.1) is 12.8 Å². The van der Waals surface area contributed by atoms with Gasteiger partial charge in [-0.1, -0.05) is 36.4 Å². The number of likely N-dealkylation sites (tertiary alicyclic amines) is 1. The van der Waals surface area contributed by atoms with E-state index in [1.165, 1.54) is 5.56 Å². The minimum absolute atomic E-state index is 0.0626. The Morgan fingerprint density at radius 3 is 2.68 bits per heavy atom. The first-order valence-corrected chi connectivity index (χ1v) is 11.5. The van der Waals surface area contributed by atoms with Crippen molar-refractivity contribution in [3.63, 3.8) is 0 Å². The van der Waals surface area contributed by atoms with Gasteiger partial charge in [0.25, 0.3) is 0 Å². The van der Waals surface area contributed by atoms with Crippen molar-refractivity contribution in [2.45, 2.75) is 52.7 Å². The lowest BCUT2D eigenvalue weighted by molar-refractivity contribution is -0.137. The summed E-state index contributed by atoms with van der Waals surface area (Å²) in [5.41, 5.74) is 3.47. The number of amides is 1. The number of fused-ring (bicyclic) bond motifs is 1. The van der Waals surface area contributed by atoms with E-state index < -0.39 is 0 Å². The molecule has 0 radical (unpaired) electrons. The Morgan fingerprint density at radius 2 is 1.90 bits per heavy atom. The molecule has 1 saturated heterocycles. The molecule has 2 aromatic rings. The molecule has 0 bridgehead atoms. The SMILES string of the molecule is Cc1cc(CN(C(=O)C2CCN(Cc3ccccc3)C2)C(C)C)cc2c1OCCCO2. The largest absolute Gasteiger partial charge is 0.490 e. The highest BCUT2D eigenvalue weighted by molar-refractivity contribution is 5.79. The predicted molar refractivity (Wildman–Crippen MR) is 122 cm³/mol. The van der Waals surface area contributed by atoms with Crippen LogP contribution in [-0.2, 0) is 17.9 Å². The Hall–Kier alpha value is -2.53. The molecule has 0 spiro atoms. The van der Waals surface area contributed by atoms with Crippen molar-refractivity contribution in [3.05, 3.63) is 59.2 Å². The third-order valence-electron chi connectivity index (χ3n) is 6.22. The Morgan fingerprint density at radius 1 is 1.13 bits per heavy atom. The number of hydrogen-bond acceptors (Lipinski definition) is 4. The molecule has 5 heteroatoms. The predicted octanol–water partition coefficient (Wildman–Crippen LogP) is 4.42. The van der Waals surface area contributed by atoms with Crippen LogP contribution < -0.4 is 9.47 Å². The maximum Gasteiger partial charge on any atom is 0.227 e. The van der Waals surface area contributed by atoms with E-state index in [-0.39, 0.29) is 17.9 Å². The third-order valence-corrected chi connectivity index (χ3v) is 6.22. The third kappa shape index (κ3) is 5.21. The molecule has 2 aliphatic heterocycles. The lowest BCUT2D eigenvalue weighted by Gasteiger charge is -2.30. The molecule has 31 heavy (non-hydrogen) atoms. The van der Waals surface area contributed by atoms with Crippen LogP contribution in [0.3, 0.4) is 0 Å². The van der Waals surface area contributed by atoms with Crippen molar-refractivity contribution in [2.75, 3.05) is 26.3 Å². The van der Waals surface area contributed by atoms with Gasteiger partial charge in [0.1, 0.15) is 0 Å². The first-order chi connectivity index (χ1) is 15.0. The van der Waals surface area contributed by atoms with Crippen molar-refractivity contribution < 1.29 is 14.3 Å². The summed E-state index contributed by atoms with van der Waals surface area (Å²) < 4.78 is 11.8. The zero-order valence-corrected chi connectivity index (χ0v) is 19.0. The Labute approximate surface area is 185 Å². The summed E-state index contributed by atoms with van der Waals surface area (Å²) in [6.07, 6.45) is 1.82. The molecule has 2 heterocycles. The van der Waals surface area contributed by atoms with Gasteiger partial charge in [-0.2, -0.15) is 0 Å². The fourth-order valence-electron chi connectivity index (χ4n) is 4.58. The van der Waals surface area contributed by atoms with E-state index in [1.54, 1.807) is 0 Å². The van der Waals surface area contributed by atoms with Crippen LogP contribution in [0.15, 0.2) is 42.5 Å². The van der Waals surface area contributed by atoms with Crippen LogP contribution in [0.25, 0.3) is 0 Å². The van der Waals surface area contributed by atoms with Gasteiger partial charge >= 0.3 is 0 Å². The van der Waals surface area contributed by atoms with Crippen LogP contribution in [-0.4, -0.2) is 48.1 Å². The lowest BCUT2D eigenvalue weighted by Crippen LogP contribution is -2.41. The molecule has 1 atom stereocenters. The van der Waals surface area contributed by atoms with Gasteiger partial charge in [0, 0.05) is 32.1 Å². The summed E-state index contributed by atoms with van der Waals surface area (Å²) in [4.78, 5) is 17.9. The van der Waals surface area contributed by atoms with Crippen molar-refractivity contribution in [3.8, 4) is 11.5 Å². The number of hydrogen-bond donors (Lipinski definition) is 0. The molecule has 1 amide bonds. The Balaban J connectivity index is 1.44. The molecule has 4 rings (SSSR count). The highest BCUT2D eigenvalue weighted by atomic mass is 16.5. The molecule has 5 nitrogen and oxygen atoms in total. The maximum atomic E-state index is 13.5. The molecular weight excluding hydrogens is 388 g/mol. The zero-order valence-electron chi connectivity index (χ0n) is 19.0. The Bertz CT molecular complexity index is 897. The second-order valence-electron chi connectivity index (χ2n) is 9.06. The second-order valence-corrected chi connectivity index (χ2v) is 9.06. The van der Waals surface area contributed by atoms with E-state index in [4.69, 9.17) is 9.47 Å². The van der Waals surface area contributed by atoms with E-state index in [1.807, 2.05) is 17.0 Å². The summed E-state index contributed by atoms with van der Waals surface area (Å²) in [6.45, 7) is 10.9. The minimum atomic E-state index is 0.0626. The molecule has 0 saturated carbocycles. The van der Waals surface area contributed by atoms with Crippen LogP contribution in [0.2, 0.25) is 0 Å². The molecule has 0 N–H and O–H groups in total. The van der Waals surface area contributed by atoms with Crippen molar-refractivity contribution in [1.82, 2.24) is 9.80 Å². The fraction of sp³-hybridized carbons (Fsp3) is 0.500. The second kappa shape index (κ2) is 9.73. The van der Waals surface area contributed by atoms with Crippen molar-refractivity contribution >= 4 is 5.91 Å². The van der Waals surface area contributed by atoms with Gasteiger partial charge in [0.2, 0.25) is 5.91 Å². The summed E-state index contributed by atoms with van der Waals surface area (Å²) in [5.74, 6) is 1.97. The summed E-state index contributed by atoms with van der Waals surface area (Å²) in [7, 11) is 0. The molecule has 166 valence electrons. The molecule has 0 aromatic heterocycles. The van der Waals surface area contributed by atoms with Gasteiger partial charge in [-0.15, -0.1) is 0 Å². The highest BCUT2D eigenvalue weighted by Gasteiger charge is 2.32. The van der Waals surface area contributed by atoms with E-state index in [0.29, 0.717) is 19.8 Å². The molecule has 2 aromatic carbocycles. The zero-order chi connectivity index (χ0) is 21.8. The van der Waals surface area contributed by atoms with Gasteiger partial charge in [0.05, 0.1) is 19.1 Å². The average Bonchev–Trinajstić information content (AvgIpc) is 3.08. The first kappa shape index (κ1) is 21.7. The lowest BCUT2D eigenvalue weighted by atomic mass is 10.0. The van der Waals surface area contributed by atoms with Gasteiger partial charge in [-0.25, -0.2) is 0 Å². The van der Waals surface area contributed by atoms with E-state index in [0.717, 1.165) is 55.1 Å². The number of rotatable bonds is 6. The van der Waals surface area contributed by atoms with E-state index in [2.05, 4.69) is 56.0 Å². The molecule has 2 aliphatic rings. The minimum Gasteiger partial charge on any atom is -0.490 e. The van der Waals surface area contributed by atoms with Gasteiger partial charge in [-0.05, 0) is 56.5 Å². The summed E-state index contributed by atoms with van der Waals surface area (Å²) >= 11 is 0. The fourth-order valence-corrected chi connectivity index (χ4v) is 4.58. The van der Waals surface area contributed by atoms with E-state index in [9.17, 15) is 4.79 Å². The van der Waals surface area contributed by atoms with Crippen LogP contribution in [0.5, 0.6) is 11.5 Å². The van der Waals surface area contributed by atoms with Gasteiger partial charge < -0.3 is 14.4 Å². The smallest absolute Gasteiger partial charge is 0.227 e. The highest BCUT2D eigenvalue weighted by Crippen LogP contribution is 2.35. The number of carbonyl (C=O) groups excluding carboxylic acids is 1.